The van der Waals surface area contributed by atoms with Crippen LogP contribution in [0, 0.1) is 11.6 Å². The van der Waals surface area contributed by atoms with Crippen LogP contribution in [-0.4, -0.2) is 51.2 Å². The van der Waals surface area contributed by atoms with Crippen molar-refractivity contribution in [2.24, 2.45) is 0 Å². The third-order valence-electron chi connectivity index (χ3n) is 3.31. The van der Waals surface area contributed by atoms with Crippen molar-refractivity contribution in [3.8, 4) is 0 Å². The number of sulfonamides is 1. The van der Waals surface area contributed by atoms with E-state index in [1.165, 1.54) is 7.11 Å². The summed E-state index contributed by atoms with van der Waals surface area (Å²) in [5.74, 6) is -1.93. The molecular weight excluding hydrogens is 316 g/mol. The van der Waals surface area contributed by atoms with Crippen LogP contribution in [0.5, 0.6) is 0 Å². The van der Waals surface area contributed by atoms with Crippen molar-refractivity contribution < 1.29 is 26.7 Å². The number of benzene rings is 1. The average molecular weight is 335 g/mol. The second-order valence-electron chi connectivity index (χ2n) is 5.83. The van der Waals surface area contributed by atoms with Gasteiger partial charge in [0.1, 0.15) is 16.5 Å². The van der Waals surface area contributed by atoms with Crippen molar-refractivity contribution in [1.82, 2.24) is 4.31 Å². The van der Waals surface area contributed by atoms with Gasteiger partial charge in [-0.15, -0.1) is 0 Å². The molecule has 1 saturated heterocycles. The topological polar surface area (TPSA) is 55.8 Å². The number of rotatable bonds is 4. The molecule has 0 radical (unpaired) electrons. The van der Waals surface area contributed by atoms with Gasteiger partial charge in [0.05, 0.1) is 18.3 Å². The predicted molar refractivity (Wildman–Crippen MR) is 75.9 cm³/mol. The summed E-state index contributed by atoms with van der Waals surface area (Å²) in [5, 5.41) is 0. The Morgan fingerprint density at radius 1 is 1.41 bits per heavy atom. The molecule has 0 bridgehead atoms. The highest BCUT2D eigenvalue weighted by atomic mass is 32.2. The van der Waals surface area contributed by atoms with Crippen molar-refractivity contribution >= 4 is 10.0 Å². The minimum atomic E-state index is -4.08. The molecule has 1 fully saturated rings. The van der Waals surface area contributed by atoms with Gasteiger partial charge in [0.2, 0.25) is 10.0 Å². The molecule has 1 heterocycles. The van der Waals surface area contributed by atoms with E-state index in [0.29, 0.717) is 6.07 Å². The summed E-state index contributed by atoms with van der Waals surface area (Å²) in [5.41, 5.74) is -0.731. The van der Waals surface area contributed by atoms with Crippen LogP contribution >= 0.6 is 0 Å². The maximum Gasteiger partial charge on any atom is 0.246 e. The predicted octanol–water partition coefficient (Wildman–Crippen LogP) is 1.78. The summed E-state index contributed by atoms with van der Waals surface area (Å²) < 4.78 is 64.0. The first-order chi connectivity index (χ1) is 10.2. The Bertz CT molecular complexity index is 648. The van der Waals surface area contributed by atoms with Gasteiger partial charge in [-0.05, 0) is 26.0 Å². The van der Waals surface area contributed by atoms with Gasteiger partial charge in [-0.3, -0.25) is 0 Å². The summed E-state index contributed by atoms with van der Waals surface area (Å²) in [7, 11) is -2.59. The number of hydrogen-bond acceptors (Lipinski definition) is 4. The Balaban J connectivity index is 2.35. The molecule has 2 rings (SSSR count). The molecule has 1 aromatic rings. The van der Waals surface area contributed by atoms with E-state index in [4.69, 9.17) is 9.47 Å². The molecule has 0 aliphatic carbocycles. The van der Waals surface area contributed by atoms with E-state index < -0.39 is 38.3 Å². The largest absolute Gasteiger partial charge is 0.382 e. The standard InChI is InChI=1S/C14H19F2NO4S/c1-14(2)9-17(7-11(21-14)8-20-3)22(18,19)13-5-4-10(15)6-12(13)16/h4-6,11H,7-9H2,1-3H3. The minimum absolute atomic E-state index is 0.0520. The maximum atomic E-state index is 13.8. The Morgan fingerprint density at radius 2 is 2.09 bits per heavy atom. The number of hydrogen-bond donors (Lipinski definition) is 0. The van der Waals surface area contributed by atoms with Gasteiger partial charge in [0, 0.05) is 26.3 Å². The number of methoxy groups -OCH3 is 1. The van der Waals surface area contributed by atoms with E-state index in [1.807, 2.05) is 0 Å². The minimum Gasteiger partial charge on any atom is -0.382 e. The van der Waals surface area contributed by atoms with Crippen LogP contribution in [0.25, 0.3) is 0 Å². The molecule has 0 aromatic heterocycles. The molecule has 1 aromatic carbocycles. The van der Waals surface area contributed by atoms with E-state index in [1.54, 1.807) is 13.8 Å². The van der Waals surface area contributed by atoms with Gasteiger partial charge in [-0.2, -0.15) is 4.31 Å². The lowest BCUT2D eigenvalue weighted by atomic mass is 10.1. The molecule has 0 saturated carbocycles. The highest BCUT2D eigenvalue weighted by Crippen LogP contribution is 2.28. The fourth-order valence-corrected chi connectivity index (χ4v) is 4.19. The zero-order valence-electron chi connectivity index (χ0n) is 12.7. The fourth-order valence-electron chi connectivity index (χ4n) is 2.52. The first-order valence-electron chi connectivity index (χ1n) is 6.78. The van der Waals surface area contributed by atoms with Crippen LogP contribution in [0.2, 0.25) is 0 Å². The third kappa shape index (κ3) is 3.62. The zero-order chi connectivity index (χ0) is 16.5. The van der Waals surface area contributed by atoms with Gasteiger partial charge in [-0.1, -0.05) is 0 Å². The number of morpholine rings is 1. The molecule has 0 spiro atoms. The molecule has 22 heavy (non-hydrogen) atoms. The van der Waals surface area contributed by atoms with Crippen LogP contribution in [-0.2, 0) is 19.5 Å². The fraction of sp³-hybridized carbons (Fsp3) is 0.571. The molecule has 124 valence electrons. The van der Waals surface area contributed by atoms with Gasteiger partial charge in [0.25, 0.3) is 0 Å². The first kappa shape index (κ1) is 17.3. The quantitative estimate of drug-likeness (QED) is 0.842. The molecule has 1 atom stereocenters. The van der Waals surface area contributed by atoms with E-state index in [2.05, 4.69) is 0 Å². The highest BCUT2D eigenvalue weighted by Gasteiger charge is 2.40. The van der Waals surface area contributed by atoms with E-state index in [0.717, 1.165) is 16.4 Å². The number of ether oxygens (including phenoxy) is 2. The number of nitrogens with zero attached hydrogens (tertiary/aromatic N) is 1. The lowest BCUT2D eigenvalue weighted by molar-refractivity contribution is -0.135. The van der Waals surface area contributed by atoms with Crippen molar-refractivity contribution in [3.05, 3.63) is 29.8 Å². The van der Waals surface area contributed by atoms with Crippen LogP contribution in [0.4, 0.5) is 8.78 Å². The molecule has 0 N–H and O–H groups in total. The highest BCUT2D eigenvalue weighted by molar-refractivity contribution is 7.89. The molecule has 8 heteroatoms. The number of halogens is 2. The third-order valence-corrected chi connectivity index (χ3v) is 5.16. The lowest BCUT2D eigenvalue weighted by Crippen LogP contribution is -2.55. The van der Waals surface area contributed by atoms with Gasteiger partial charge in [0.15, 0.2) is 0 Å². The molecule has 1 unspecified atom stereocenters. The van der Waals surface area contributed by atoms with Crippen molar-refractivity contribution in [2.75, 3.05) is 26.8 Å². The first-order valence-corrected chi connectivity index (χ1v) is 8.22. The maximum absolute atomic E-state index is 13.8. The molecule has 0 amide bonds. The Morgan fingerprint density at radius 3 is 2.68 bits per heavy atom. The second-order valence-corrected chi connectivity index (χ2v) is 7.73. The summed E-state index contributed by atoms with van der Waals surface area (Å²) in [6.45, 7) is 3.85. The van der Waals surface area contributed by atoms with Crippen LogP contribution in [0.1, 0.15) is 13.8 Å². The van der Waals surface area contributed by atoms with Crippen molar-refractivity contribution in [3.63, 3.8) is 0 Å². The van der Waals surface area contributed by atoms with Gasteiger partial charge >= 0.3 is 0 Å². The molecular formula is C14H19F2NO4S. The summed E-state index contributed by atoms with van der Waals surface area (Å²) in [6.07, 6.45) is -0.452. The van der Waals surface area contributed by atoms with Crippen LogP contribution in [0.15, 0.2) is 23.1 Å². The van der Waals surface area contributed by atoms with Crippen molar-refractivity contribution in [2.45, 2.75) is 30.4 Å². The van der Waals surface area contributed by atoms with Crippen LogP contribution < -0.4 is 0 Å². The summed E-state index contributed by atoms with van der Waals surface area (Å²) >= 11 is 0. The van der Waals surface area contributed by atoms with Gasteiger partial charge < -0.3 is 9.47 Å². The van der Waals surface area contributed by atoms with Crippen molar-refractivity contribution in [1.29, 1.82) is 0 Å². The van der Waals surface area contributed by atoms with Crippen LogP contribution in [0.3, 0.4) is 0 Å². The molecule has 1 aliphatic rings. The molecule has 1 aliphatic heterocycles. The summed E-state index contributed by atoms with van der Waals surface area (Å²) in [4.78, 5) is -0.539. The van der Waals surface area contributed by atoms with E-state index >= 15 is 0 Å². The smallest absolute Gasteiger partial charge is 0.246 e. The SMILES string of the molecule is COCC1CN(S(=O)(=O)c2ccc(F)cc2F)CC(C)(C)O1. The Labute approximate surface area is 128 Å². The zero-order valence-corrected chi connectivity index (χ0v) is 13.5. The Hall–Kier alpha value is -1.09. The van der Waals surface area contributed by atoms with E-state index in [-0.39, 0.29) is 19.7 Å². The lowest BCUT2D eigenvalue weighted by Gasteiger charge is -2.41. The second kappa shape index (κ2) is 6.19. The van der Waals surface area contributed by atoms with Gasteiger partial charge in [-0.25, -0.2) is 17.2 Å². The normalized spacial score (nSPS) is 22.7. The van der Waals surface area contributed by atoms with E-state index in [9.17, 15) is 17.2 Å². The molecule has 5 nitrogen and oxygen atoms in total. The Kier molecular flexibility index (Phi) is 4.86. The monoisotopic (exact) mass is 335 g/mol. The average Bonchev–Trinajstić information content (AvgIpc) is 2.36. The summed E-state index contributed by atoms with van der Waals surface area (Å²) in [6, 6.07) is 2.42.